The molecule has 0 fully saturated rings. The smallest absolute Gasteiger partial charge is 0.291 e. The molecule has 1 aromatic heterocycles. The van der Waals surface area contributed by atoms with Crippen LogP contribution in [-0.4, -0.2) is 28.1 Å². The van der Waals surface area contributed by atoms with E-state index in [1.165, 1.54) is 25.7 Å². The number of aliphatic imine (C=N–C) groups is 1. The van der Waals surface area contributed by atoms with Crippen molar-refractivity contribution >= 4 is 11.8 Å². The first-order valence-electron chi connectivity index (χ1n) is 10.1. The van der Waals surface area contributed by atoms with E-state index in [9.17, 15) is 0 Å². The lowest BCUT2D eigenvalue weighted by molar-refractivity contribution is 0.0104. The summed E-state index contributed by atoms with van der Waals surface area (Å²) in [6.07, 6.45) is 7.23. The van der Waals surface area contributed by atoms with E-state index in [2.05, 4.69) is 41.0 Å². The number of anilines is 1. The lowest BCUT2D eigenvalue weighted by Crippen LogP contribution is -2.42. The Balaban J connectivity index is 1.72. The monoisotopic (exact) mass is 366 g/mol. The number of hydrogen-bond donors (Lipinski definition) is 1. The van der Waals surface area contributed by atoms with Gasteiger partial charge in [0.15, 0.2) is 0 Å². The van der Waals surface area contributed by atoms with E-state index in [-0.39, 0.29) is 5.60 Å². The summed E-state index contributed by atoms with van der Waals surface area (Å²) in [6, 6.07) is 12.6. The van der Waals surface area contributed by atoms with Crippen LogP contribution in [0.15, 0.2) is 47.7 Å². The van der Waals surface area contributed by atoms with Crippen LogP contribution in [-0.2, 0) is 4.74 Å². The van der Waals surface area contributed by atoms with Crippen molar-refractivity contribution in [1.82, 2.24) is 9.97 Å². The molecule has 0 aliphatic carbocycles. The van der Waals surface area contributed by atoms with Crippen LogP contribution in [0.3, 0.4) is 0 Å². The van der Waals surface area contributed by atoms with Crippen LogP contribution in [0.1, 0.15) is 52.9 Å². The average molecular weight is 367 g/mol. The molecule has 1 aliphatic heterocycles. The Labute approximate surface area is 162 Å². The second-order valence-corrected chi connectivity index (χ2v) is 7.20. The van der Waals surface area contributed by atoms with Gasteiger partial charge in [0.25, 0.3) is 6.02 Å². The Hall–Kier alpha value is -2.43. The molecule has 2 heterocycles. The molecular formula is C22H30N4O. The van der Waals surface area contributed by atoms with Gasteiger partial charge in [0.05, 0.1) is 12.2 Å². The summed E-state index contributed by atoms with van der Waals surface area (Å²) in [6.45, 7) is 7.40. The Bertz CT molecular complexity index is 756. The summed E-state index contributed by atoms with van der Waals surface area (Å²) in [5.41, 5.74) is 1.75. The number of rotatable bonds is 8. The highest BCUT2D eigenvalue weighted by molar-refractivity contribution is 5.90. The topological polar surface area (TPSA) is 59.4 Å². The number of hydrogen-bond acceptors (Lipinski definition) is 5. The van der Waals surface area contributed by atoms with Crippen molar-refractivity contribution in [1.29, 1.82) is 0 Å². The van der Waals surface area contributed by atoms with Crippen LogP contribution in [0.5, 0.6) is 0 Å². The SMILES string of the molecule is CCCC(CCC)[C@@]1(CC)CN=C(Nc2cc(-c3ccccc3)ncn2)O1. The number of aromatic nitrogens is 2. The zero-order chi connectivity index (χ0) is 19.1. The van der Waals surface area contributed by atoms with Crippen LogP contribution in [0.25, 0.3) is 11.3 Å². The molecule has 27 heavy (non-hydrogen) atoms. The van der Waals surface area contributed by atoms with Crippen LogP contribution < -0.4 is 5.32 Å². The van der Waals surface area contributed by atoms with Crippen LogP contribution in [0.4, 0.5) is 5.82 Å². The van der Waals surface area contributed by atoms with Crippen molar-refractivity contribution in [3.05, 3.63) is 42.7 Å². The van der Waals surface area contributed by atoms with Crippen molar-refractivity contribution in [2.24, 2.45) is 10.9 Å². The number of nitrogens with zero attached hydrogens (tertiary/aromatic N) is 3. The molecule has 0 radical (unpaired) electrons. The molecule has 0 saturated heterocycles. The minimum absolute atomic E-state index is 0.191. The fraction of sp³-hybridized carbons (Fsp3) is 0.500. The Morgan fingerprint density at radius 2 is 1.81 bits per heavy atom. The molecule has 144 valence electrons. The molecule has 5 nitrogen and oxygen atoms in total. The zero-order valence-electron chi connectivity index (χ0n) is 16.6. The normalized spacial score (nSPS) is 19.0. The molecule has 3 rings (SSSR count). The van der Waals surface area contributed by atoms with Crippen LogP contribution in [0, 0.1) is 5.92 Å². The van der Waals surface area contributed by atoms with E-state index >= 15 is 0 Å². The summed E-state index contributed by atoms with van der Waals surface area (Å²) < 4.78 is 6.39. The number of ether oxygens (including phenoxy) is 1. The number of amidine groups is 1. The molecule has 1 N–H and O–H groups in total. The standard InChI is InChI=1S/C22H30N4O/c1-4-10-18(11-5-2)22(6-3)15-23-21(27-22)26-20-14-19(24-16-25-20)17-12-8-7-9-13-17/h7-9,12-14,16,18H,4-6,10-11,15H2,1-3H3,(H,23,24,25,26)/t22-/m1/s1. The van der Waals surface area contributed by atoms with E-state index in [1.54, 1.807) is 6.33 Å². The van der Waals surface area contributed by atoms with Gasteiger partial charge >= 0.3 is 0 Å². The fourth-order valence-corrected chi connectivity index (χ4v) is 3.88. The molecule has 1 aromatic carbocycles. The van der Waals surface area contributed by atoms with Crippen LogP contribution in [0.2, 0.25) is 0 Å². The Kier molecular flexibility index (Phi) is 6.43. The third-order valence-corrected chi connectivity index (χ3v) is 5.38. The van der Waals surface area contributed by atoms with Gasteiger partial charge in [-0.1, -0.05) is 63.9 Å². The van der Waals surface area contributed by atoms with Crippen molar-refractivity contribution in [3.8, 4) is 11.3 Å². The van der Waals surface area contributed by atoms with Crippen molar-refractivity contribution in [2.45, 2.75) is 58.5 Å². The molecule has 0 unspecified atom stereocenters. The first-order chi connectivity index (χ1) is 13.2. The molecule has 0 spiro atoms. The Morgan fingerprint density at radius 1 is 1.07 bits per heavy atom. The summed E-state index contributed by atoms with van der Waals surface area (Å²) >= 11 is 0. The van der Waals surface area contributed by atoms with Crippen molar-refractivity contribution in [2.75, 3.05) is 11.9 Å². The predicted octanol–water partition coefficient (Wildman–Crippen LogP) is 5.31. The van der Waals surface area contributed by atoms with Gasteiger partial charge in [-0.15, -0.1) is 0 Å². The van der Waals surface area contributed by atoms with Gasteiger partial charge in [-0.3, -0.25) is 5.32 Å². The molecule has 0 saturated carbocycles. The van der Waals surface area contributed by atoms with Gasteiger partial charge in [-0.05, 0) is 19.3 Å². The molecule has 2 aromatic rings. The molecule has 0 amide bonds. The molecule has 1 atom stereocenters. The van der Waals surface area contributed by atoms with Gasteiger partial charge in [0.1, 0.15) is 17.7 Å². The number of benzene rings is 1. The predicted molar refractivity (Wildman–Crippen MR) is 111 cm³/mol. The largest absolute Gasteiger partial charge is 0.456 e. The Morgan fingerprint density at radius 3 is 2.48 bits per heavy atom. The van der Waals surface area contributed by atoms with E-state index in [1.807, 2.05) is 36.4 Å². The lowest BCUT2D eigenvalue weighted by Gasteiger charge is -2.35. The number of nitrogens with one attached hydrogen (secondary N) is 1. The van der Waals surface area contributed by atoms with E-state index in [0.717, 1.165) is 17.7 Å². The summed E-state index contributed by atoms with van der Waals surface area (Å²) in [5, 5.41) is 3.26. The van der Waals surface area contributed by atoms with Crippen molar-refractivity contribution in [3.63, 3.8) is 0 Å². The summed E-state index contributed by atoms with van der Waals surface area (Å²) in [7, 11) is 0. The second kappa shape index (κ2) is 8.98. The van der Waals surface area contributed by atoms with Crippen LogP contribution >= 0.6 is 0 Å². The van der Waals surface area contributed by atoms with E-state index < -0.39 is 0 Å². The molecule has 5 heteroatoms. The third-order valence-electron chi connectivity index (χ3n) is 5.38. The molecule has 0 bridgehead atoms. The summed E-state index contributed by atoms with van der Waals surface area (Å²) in [5.74, 6) is 1.24. The average Bonchev–Trinajstić information content (AvgIpc) is 3.13. The van der Waals surface area contributed by atoms with Crippen molar-refractivity contribution < 1.29 is 4.74 Å². The highest BCUT2D eigenvalue weighted by Gasteiger charge is 2.43. The third kappa shape index (κ3) is 4.46. The molecular weight excluding hydrogens is 336 g/mol. The minimum atomic E-state index is -0.191. The minimum Gasteiger partial charge on any atom is -0.456 e. The maximum absolute atomic E-state index is 6.39. The fourth-order valence-electron chi connectivity index (χ4n) is 3.88. The second-order valence-electron chi connectivity index (χ2n) is 7.20. The van der Waals surface area contributed by atoms with E-state index in [0.29, 0.717) is 24.3 Å². The van der Waals surface area contributed by atoms with E-state index in [4.69, 9.17) is 4.74 Å². The maximum atomic E-state index is 6.39. The highest BCUT2D eigenvalue weighted by Crippen LogP contribution is 2.37. The lowest BCUT2D eigenvalue weighted by atomic mass is 9.79. The zero-order valence-corrected chi connectivity index (χ0v) is 16.6. The van der Waals surface area contributed by atoms with Gasteiger partial charge in [0.2, 0.25) is 0 Å². The quantitative estimate of drug-likeness (QED) is 0.688. The van der Waals surface area contributed by atoms with Gasteiger partial charge < -0.3 is 4.74 Å². The molecule has 1 aliphatic rings. The van der Waals surface area contributed by atoms with Gasteiger partial charge in [-0.2, -0.15) is 0 Å². The van der Waals surface area contributed by atoms with Gasteiger partial charge in [-0.25, -0.2) is 15.0 Å². The first-order valence-corrected chi connectivity index (χ1v) is 10.1. The highest BCUT2D eigenvalue weighted by atomic mass is 16.5. The maximum Gasteiger partial charge on any atom is 0.291 e. The first kappa shape index (κ1) is 19.3. The summed E-state index contributed by atoms with van der Waals surface area (Å²) in [4.78, 5) is 13.4. The van der Waals surface area contributed by atoms with Gasteiger partial charge in [0, 0.05) is 17.5 Å².